The van der Waals surface area contributed by atoms with Crippen LogP contribution in [0.4, 0.5) is 0 Å². The lowest BCUT2D eigenvalue weighted by molar-refractivity contribution is 0.417. The molecule has 0 amide bonds. The van der Waals surface area contributed by atoms with Crippen LogP contribution in [0.15, 0.2) is 24.2 Å². The van der Waals surface area contributed by atoms with E-state index in [9.17, 15) is 0 Å². The molecule has 0 heterocycles. The van der Waals surface area contributed by atoms with Crippen molar-refractivity contribution in [1.29, 1.82) is 0 Å². The molecule has 0 N–H and O–H groups in total. The fourth-order valence-electron chi connectivity index (χ4n) is 2.25. The minimum absolute atomic E-state index is 0.0254. The zero-order chi connectivity index (χ0) is 17.0. The first-order chi connectivity index (χ1) is 10.0. The van der Waals surface area contributed by atoms with E-state index in [0.717, 1.165) is 11.1 Å². The molecule has 0 aromatic heterocycles. The Hall–Kier alpha value is -1.50. The maximum Gasteiger partial charge on any atom is 0.126 e. The molecule has 0 radical (unpaired) electrons. The van der Waals surface area contributed by atoms with E-state index in [1.807, 2.05) is 27.7 Å². The maximum atomic E-state index is 8.49. The van der Waals surface area contributed by atoms with Gasteiger partial charge in [0.2, 0.25) is 0 Å². The van der Waals surface area contributed by atoms with Crippen LogP contribution in [0.5, 0.6) is 5.75 Å². The number of ether oxygens (including phenoxy) is 1. The van der Waals surface area contributed by atoms with Crippen LogP contribution < -0.4 is 4.74 Å². The molecule has 0 aliphatic rings. The molecule has 18 heavy (non-hydrogen) atoms. The first-order valence-electron chi connectivity index (χ1n) is 8.11. The molecule has 2 aromatic rings. The van der Waals surface area contributed by atoms with Gasteiger partial charge in [-0.15, -0.1) is 0 Å². The lowest BCUT2D eigenvalue weighted by Gasteiger charge is -2.24. The molecular weight excluding hydrogens is 220 g/mol. The van der Waals surface area contributed by atoms with Gasteiger partial charge in [-0.25, -0.2) is 0 Å². The third-order valence-corrected chi connectivity index (χ3v) is 3.11. The van der Waals surface area contributed by atoms with Crippen molar-refractivity contribution >= 4 is 10.8 Å². The van der Waals surface area contributed by atoms with Gasteiger partial charge in [0.25, 0.3) is 0 Å². The Morgan fingerprint density at radius 1 is 1.06 bits per heavy atom. The summed E-state index contributed by atoms with van der Waals surface area (Å²) in [5.41, 5.74) is 1.86. The minimum Gasteiger partial charge on any atom is -0.496 e. The molecule has 0 aliphatic heterocycles. The average molecular weight is 246 g/mol. The number of hydrogen-bond acceptors (Lipinski definition) is 1. The molecule has 0 saturated heterocycles. The summed E-state index contributed by atoms with van der Waals surface area (Å²) in [6.07, 6.45) is 0. The second-order valence-corrected chi connectivity index (χ2v) is 5.66. The highest BCUT2D eigenvalue weighted by atomic mass is 16.5. The lowest BCUT2D eigenvalue weighted by Crippen LogP contribution is -2.13. The normalized spacial score (nSPS) is 15.0. The maximum absolute atomic E-state index is 8.49. The van der Waals surface area contributed by atoms with Crippen molar-refractivity contribution in [2.75, 3.05) is 7.11 Å². The van der Waals surface area contributed by atoms with Crippen molar-refractivity contribution in [3.63, 3.8) is 0 Å². The van der Waals surface area contributed by atoms with Crippen LogP contribution in [0.3, 0.4) is 0 Å². The van der Waals surface area contributed by atoms with Gasteiger partial charge in [-0.1, -0.05) is 44.5 Å². The molecule has 0 atom stereocenters. The van der Waals surface area contributed by atoms with Crippen LogP contribution in [-0.4, -0.2) is 7.11 Å². The summed E-state index contributed by atoms with van der Waals surface area (Å²) in [7, 11) is 1.47. The van der Waals surface area contributed by atoms with Gasteiger partial charge in [0.15, 0.2) is 0 Å². The summed E-state index contributed by atoms with van der Waals surface area (Å²) in [6.45, 7) is 9.65. The molecule has 2 rings (SSSR count). The van der Waals surface area contributed by atoms with Crippen molar-refractivity contribution in [2.24, 2.45) is 0 Å². The Morgan fingerprint density at radius 2 is 1.72 bits per heavy atom. The summed E-state index contributed by atoms with van der Waals surface area (Å²) < 4.78 is 38.6. The van der Waals surface area contributed by atoms with Crippen LogP contribution in [0.2, 0.25) is 0 Å². The molecule has 1 heteroatoms. The largest absolute Gasteiger partial charge is 0.496 e. The number of hydrogen-bond donors (Lipinski definition) is 0. The van der Waals surface area contributed by atoms with Gasteiger partial charge in [0.05, 0.1) is 12.6 Å². The predicted molar refractivity (Wildman–Crippen MR) is 78.7 cm³/mol. The fraction of sp³-hybridized carbons (Fsp3) is 0.412. The van der Waals surface area contributed by atoms with Crippen molar-refractivity contribution in [3.05, 3.63) is 40.9 Å². The second-order valence-electron chi connectivity index (χ2n) is 5.66. The molecule has 96 valence electrons. The van der Waals surface area contributed by atoms with E-state index < -0.39 is 0 Å². The Labute approximate surface area is 115 Å². The first-order valence-corrected chi connectivity index (χ1v) is 6.11. The Kier molecular flexibility index (Phi) is 2.05. The Balaban J connectivity index is 3.22. The van der Waals surface area contributed by atoms with Crippen LogP contribution in [0.1, 0.15) is 42.9 Å². The number of methoxy groups -OCH3 is 1. The zero-order valence-electron chi connectivity index (χ0n) is 15.9. The van der Waals surface area contributed by atoms with E-state index in [2.05, 4.69) is 0 Å². The standard InChI is InChI=1S/C17H22O/c1-11-7-8-13-14(9-11)12(2)15(17(3,4)5)10-16(13)18-6/h7-10H,1-6H3/i7D,8D,9D,10D. The SMILES string of the molecule is [2H]c1c(C)c([2H])c2c(C)c(C(C)(C)C)c([2H])c(OC)c2c1[2H]. The summed E-state index contributed by atoms with van der Waals surface area (Å²) in [6, 6.07) is 0.545. The van der Waals surface area contributed by atoms with Crippen LogP contribution in [0.25, 0.3) is 10.8 Å². The Bertz CT molecular complexity index is 773. The lowest BCUT2D eigenvalue weighted by atomic mass is 9.82. The van der Waals surface area contributed by atoms with Gasteiger partial charge in [0.1, 0.15) is 5.75 Å². The summed E-state index contributed by atoms with van der Waals surface area (Å²) in [4.78, 5) is 0. The van der Waals surface area contributed by atoms with Gasteiger partial charge in [-0.05, 0) is 41.8 Å². The number of rotatable bonds is 1. The highest BCUT2D eigenvalue weighted by Crippen LogP contribution is 2.37. The summed E-state index contributed by atoms with van der Waals surface area (Å²) in [5.74, 6) is 0.289. The first kappa shape index (κ1) is 8.58. The number of benzene rings is 2. The quantitative estimate of drug-likeness (QED) is 0.704. The smallest absolute Gasteiger partial charge is 0.126 e. The molecule has 0 unspecified atom stereocenters. The van der Waals surface area contributed by atoms with Gasteiger partial charge in [-0.2, -0.15) is 0 Å². The monoisotopic (exact) mass is 246 g/mol. The van der Waals surface area contributed by atoms with Crippen LogP contribution >= 0.6 is 0 Å². The molecule has 0 saturated carbocycles. The average Bonchev–Trinajstić information content (AvgIpc) is 2.40. The Morgan fingerprint density at radius 3 is 2.28 bits per heavy atom. The van der Waals surface area contributed by atoms with E-state index in [1.54, 1.807) is 6.92 Å². The number of aryl methyl sites for hydroxylation is 1. The van der Waals surface area contributed by atoms with Crippen molar-refractivity contribution in [2.45, 2.75) is 40.0 Å². The van der Waals surface area contributed by atoms with E-state index in [-0.39, 0.29) is 35.3 Å². The highest BCUT2D eigenvalue weighted by Gasteiger charge is 2.20. The van der Waals surface area contributed by atoms with E-state index in [4.69, 9.17) is 10.2 Å². The topological polar surface area (TPSA) is 9.23 Å². The van der Waals surface area contributed by atoms with Crippen molar-refractivity contribution in [1.82, 2.24) is 0 Å². The minimum atomic E-state index is -0.273. The summed E-state index contributed by atoms with van der Waals surface area (Å²) >= 11 is 0. The van der Waals surface area contributed by atoms with Crippen LogP contribution in [0, 0.1) is 13.8 Å². The molecular formula is C17H22O. The summed E-state index contributed by atoms with van der Waals surface area (Å²) in [5, 5.41) is 1.02. The van der Waals surface area contributed by atoms with Crippen molar-refractivity contribution in [3.8, 4) is 5.75 Å². The van der Waals surface area contributed by atoms with Crippen LogP contribution in [-0.2, 0) is 5.41 Å². The van der Waals surface area contributed by atoms with Gasteiger partial charge in [-0.3, -0.25) is 0 Å². The molecule has 1 nitrogen and oxygen atoms in total. The number of fused-ring (bicyclic) bond motifs is 1. The molecule has 2 aromatic carbocycles. The molecule has 0 spiro atoms. The predicted octanol–water partition coefficient (Wildman–Crippen LogP) is 4.76. The third-order valence-electron chi connectivity index (χ3n) is 3.11. The third kappa shape index (κ3) is 2.10. The van der Waals surface area contributed by atoms with E-state index in [1.165, 1.54) is 7.11 Å². The van der Waals surface area contributed by atoms with Crippen molar-refractivity contribution < 1.29 is 10.2 Å². The second kappa shape index (κ2) is 4.31. The van der Waals surface area contributed by atoms with E-state index in [0.29, 0.717) is 16.3 Å². The van der Waals surface area contributed by atoms with E-state index >= 15 is 0 Å². The highest BCUT2D eigenvalue weighted by molar-refractivity contribution is 5.92. The van der Waals surface area contributed by atoms with Gasteiger partial charge >= 0.3 is 0 Å². The molecule has 0 fully saturated rings. The van der Waals surface area contributed by atoms with Gasteiger partial charge < -0.3 is 4.74 Å². The van der Waals surface area contributed by atoms with Gasteiger partial charge in [0, 0.05) is 5.39 Å². The zero-order valence-corrected chi connectivity index (χ0v) is 11.9. The molecule has 0 aliphatic carbocycles. The fourth-order valence-corrected chi connectivity index (χ4v) is 2.25. The molecule has 0 bridgehead atoms.